The van der Waals surface area contributed by atoms with Gasteiger partial charge < -0.3 is 15.2 Å². The number of hydrogen-bond donors (Lipinski definition) is 2. The smallest absolute Gasteiger partial charge is 0.303 e. The Morgan fingerprint density at radius 1 is 1.29 bits per heavy atom. The summed E-state index contributed by atoms with van der Waals surface area (Å²) in [5.74, 6) is -0.980. The van der Waals surface area contributed by atoms with Crippen molar-refractivity contribution < 1.29 is 19.4 Å². The van der Waals surface area contributed by atoms with Crippen LogP contribution >= 0.6 is 0 Å². The molecule has 0 aromatic carbocycles. The number of amides is 1. The third-order valence-electron chi connectivity index (χ3n) is 2.26. The molecule has 0 unspecified atom stereocenters. The zero-order valence-electron chi connectivity index (χ0n) is 10.9. The van der Waals surface area contributed by atoms with E-state index < -0.39 is 11.4 Å². The van der Waals surface area contributed by atoms with E-state index in [0.717, 1.165) is 6.42 Å². The Labute approximate surface area is 103 Å². The van der Waals surface area contributed by atoms with Crippen LogP contribution in [0.5, 0.6) is 0 Å². The first-order valence-electron chi connectivity index (χ1n) is 5.93. The van der Waals surface area contributed by atoms with Crippen molar-refractivity contribution in [2.75, 3.05) is 19.8 Å². The van der Waals surface area contributed by atoms with Gasteiger partial charge in [-0.25, -0.2) is 0 Å². The molecule has 0 spiro atoms. The number of carboxylic acid groups (broad SMARTS) is 1. The third kappa shape index (κ3) is 9.81. The topological polar surface area (TPSA) is 75.6 Å². The molecule has 0 bridgehead atoms. The molecule has 0 saturated carbocycles. The maximum absolute atomic E-state index is 11.5. The molecule has 0 radical (unpaired) electrons. The zero-order valence-corrected chi connectivity index (χ0v) is 10.9. The highest BCUT2D eigenvalue weighted by atomic mass is 16.5. The van der Waals surface area contributed by atoms with Gasteiger partial charge in [-0.2, -0.15) is 0 Å². The lowest BCUT2D eigenvalue weighted by Gasteiger charge is -2.21. The Bertz CT molecular complexity index is 251. The number of nitrogens with one attached hydrogen (secondary N) is 1. The van der Waals surface area contributed by atoms with Gasteiger partial charge in [0.25, 0.3) is 0 Å². The lowest BCUT2D eigenvalue weighted by Crippen LogP contribution is -2.31. The lowest BCUT2D eigenvalue weighted by atomic mass is 9.85. The first-order chi connectivity index (χ1) is 7.87. The average Bonchev–Trinajstić information content (AvgIpc) is 2.14. The lowest BCUT2D eigenvalue weighted by molar-refractivity contribution is -0.139. The van der Waals surface area contributed by atoms with Crippen molar-refractivity contribution in [3.05, 3.63) is 0 Å². The van der Waals surface area contributed by atoms with E-state index in [1.54, 1.807) is 13.8 Å². The maximum Gasteiger partial charge on any atom is 0.303 e. The van der Waals surface area contributed by atoms with Crippen LogP contribution in [0.3, 0.4) is 0 Å². The SMILES string of the molecule is CCOCCCNC(=O)CC(C)(C)CC(=O)O. The molecule has 0 aliphatic carbocycles. The molecule has 0 aliphatic rings. The summed E-state index contributed by atoms with van der Waals surface area (Å²) in [6.07, 6.45) is 1.01. The number of aliphatic carboxylic acids is 1. The Morgan fingerprint density at radius 3 is 2.47 bits per heavy atom. The molecule has 0 saturated heterocycles. The highest BCUT2D eigenvalue weighted by Crippen LogP contribution is 2.24. The molecule has 0 aromatic rings. The fourth-order valence-electron chi connectivity index (χ4n) is 1.52. The predicted octanol–water partition coefficient (Wildman–Crippen LogP) is 1.42. The van der Waals surface area contributed by atoms with E-state index in [1.807, 2.05) is 6.92 Å². The number of rotatable bonds is 9. The standard InChI is InChI=1S/C12H23NO4/c1-4-17-7-5-6-13-10(14)8-12(2,3)9-11(15)16/h4-9H2,1-3H3,(H,13,14)(H,15,16). The molecule has 0 atom stereocenters. The van der Waals surface area contributed by atoms with E-state index in [1.165, 1.54) is 0 Å². The van der Waals surface area contributed by atoms with Gasteiger partial charge in [-0.15, -0.1) is 0 Å². The minimum absolute atomic E-state index is 0.000629. The Balaban J connectivity index is 3.73. The summed E-state index contributed by atoms with van der Waals surface area (Å²) in [4.78, 5) is 22.1. The van der Waals surface area contributed by atoms with Gasteiger partial charge in [-0.05, 0) is 18.8 Å². The normalized spacial score (nSPS) is 11.2. The summed E-state index contributed by atoms with van der Waals surface area (Å²) in [6, 6.07) is 0. The summed E-state index contributed by atoms with van der Waals surface area (Å²) in [6.45, 7) is 7.37. The monoisotopic (exact) mass is 245 g/mol. The van der Waals surface area contributed by atoms with Gasteiger partial charge in [-0.1, -0.05) is 13.8 Å². The second-order valence-corrected chi connectivity index (χ2v) is 4.81. The van der Waals surface area contributed by atoms with Crippen LogP contribution in [0.4, 0.5) is 0 Å². The highest BCUT2D eigenvalue weighted by molar-refractivity contribution is 5.77. The molecule has 0 aromatic heterocycles. The molecule has 5 heteroatoms. The van der Waals surface area contributed by atoms with E-state index in [4.69, 9.17) is 9.84 Å². The van der Waals surface area contributed by atoms with Crippen molar-refractivity contribution in [2.24, 2.45) is 5.41 Å². The van der Waals surface area contributed by atoms with Crippen molar-refractivity contribution in [2.45, 2.75) is 40.0 Å². The van der Waals surface area contributed by atoms with Crippen LogP contribution in [0.1, 0.15) is 40.0 Å². The summed E-state index contributed by atoms with van der Waals surface area (Å²) < 4.78 is 5.14. The largest absolute Gasteiger partial charge is 0.481 e. The number of carboxylic acids is 1. The molecule has 0 rings (SSSR count). The summed E-state index contributed by atoms with van der Waals surface area (Å²) in [5.41, 5.74) is -0.504. The minimum atomic E-state index is -0.876. The molecule has 17 heavy (non-hydrogen) atoms. The summed E-state index contributed by atoms with van der Waals surface area (Å²) >= 11 is 0. The van der Waals surface area contributed by atoms with Crippen molar-refractivity contribution >= 4 is 11.9 Å². The fourth-order valence-corrected chi connectivity index (χ4v) is 1.52. The quantitative estimate of drug-likeness (QED) is 0.602. The number of ether oxygens (including phenoxy) is 1. The summed E-state index contributed by atoms with van der Waals surface area (Å²) in [5, 5.41) is 11.4. The number of hydrogen-bond acceptors (Lipinski definition) is 3. The first-order valence-corrected chi connectivity index (χ1v) is 5.93. The Hall–Kier alpha value is -1.10. The average molecular weight is 245 g/mol. The molecule has 5 nitrogen and oxygen atoms in total. The molecular weight excluding hydrogens is 222 g/mol. The fraction of sp³-hybridized carbons (Fsp3) is 0.833. The molecule has 1 amide bonds. The molecule has 2 N–H and O–H groups in total. The van der Waals surface area contributed by atoms with Gasteiger partial charge in [0.05, 0.1) is 6.42 Å². The van der Waals surface area contributed by atoms with Gasteiger partial charge in [0.15, 0.2) is 0 Å². The highest BCUT2D eigenvalue weighted by Gasteiger charge is 2.24. The van der Waals surface area contributed by atoms with E-state index >= 15 is 0 Å². The summed E-state index contributed by atoms with van der Waals surface area (Å²) in [7, 11) is 0. The third-order valence-corrected chi connectivity index (χ3v) is 2.26. The van der Waals surface area contributed by atoms with Crippen LogP contribution in [0, 0.1) is 5.41 Å². The van der Waals surface area contributed by atoms with Gasteiger partial charge in [0.1, 0.15) is 0 Å². The van der Waals surface area contributed by atoms with E-state index in [9.17, 15) is 9.59 Å². The van der Waals surface area contributed by atoms with Gasteiger partial charge in [-0.3, -0.25) is 9.59 Å². The maximum atomic E-state index is 11.5. The van der Waals surface area contributed by atoms with Crippen LogP contribution in [0.2, 0.25) is 0 Å². The van der Waals surface area contributed by atoms with Gasteiger partial charge in [0, 0.05) is 26.2 Å². The molecular formula is C12H23NO4. The molecule has 0 aliphatic heterocycles. The van der Waals surface area contributed by atoms with Crippen LogP contribution in [-0.2, 0) is 14.3 Å². The van der Waals surface area contributed by atoms with E-state index in [0.29, 0.717) is 19.8 Å². The van der Waals surface area contributed by atoms with E-state index in [2.05, 4.69) is 5.32 Å². The van der Waals surface area contributed by atoms with Crippen LogP contribution in [0.25, 0.3) is 0 Å². The zero-order chi connectivity index (χ0) is 13.3. The molecule has 100 valence electrons. The van der Waals surface area contributed by atoms with Gasteiger partial charge >= 0.3 is 5.97 Å². The Morgan fingerprint density at radius 2 is 1.94 bits per heavy atom. The predicted molar refractivity (Wildman–Crippen MR) is 64.8 cm³/mol. The second-order valence-electron chi connectivity index (χ2n) is 4.81. The van der Waals surface area contributed by atoms with Crippen LogP contribution in [0.15, 0.2) is 0 Å². The van der Waals surface area contributed by atoms with E-state index in [-0.39, 0.29) is 18.7 Å². The minimum Gasteiger partial charge on any atom is -0.481 e. The van der Waals surface area contributed by atoms with Crippen LogP contribution in [-0.4, -0.2) is 36.7 Å². The molecule has 0 fully saturated rings. The second kappa shape index (κ2) is 8.06. The van der Waals surface area contributed by atoms with Gasteiger partial charge in [0.2, 0.25) is 5.91 Å². The number of carbonyl (C=O) groups is 2. The van der Waals surface area contributed by atoms with Crippen molar-refractivity contribution in [3.8, 4) is 0 Å². The van der Waals surface area contributed by atoms with Crippen molar-refractivity contribution in [3.63, 3.8) is 0 Å². The molecule has 0 heterocycles. The first kappa shape index (κ1) is 15.9. The number of carbonyl (C=O) groups excluding carboxylic acids is 1. The Kier molecular flexibility index (Phi) is 7.54. The van der Waals surface area contributed by atoms with Crippen LogP contribution < -0.4 is 5.32 Å². The van der Waals surface area contributed by atoms with Crippen molar-refractivity contribution in [1.82, 2.24) is 5.32 Å². The van der Waals surface area contributed by atoms with Crippen molar-refractivity contribution in [1.29, 1.82) is 0 Å².